The van der Waals surface area contributed by atoms with E-state index in [-0.39, 0.29) is 18.9 Å². The van der Waals surface area contributed by atoms with E-state index in [2.05, 4.69) is 15.2 Å². The molecular formula is C13H11F3N6. The highest BCUT2D eigenvalue weighted by Gasteiger charge is 2.39. The fraction of sp³-hybridized carbons (Fsp3) is 0.385. The monoisotopic (exact) mass is 308 g/mol. The molecular weight excluding hydrogens is 297 g/mol. The molecule has 0 N–H and O–H groups in total. The van der Waals surface area contributed by atoms with Crippen molar-refractivity contribution < 1.29 is 13.2 Å². The number of aromatic nitrogens is 4. The smallest absolute Gasteiger partial charge is 0.346 e. The number of pyridine rings is 1. The minimum absolute atomic E-state index is 0.0949. The van der Waals surface area contributed by atoms with Gasteiger partial charge < -0.3 is 9.47 Å². The molecule has 0 fully saturated rings. The zero-order valence-corrected chi connectivity index (χ0v) is 11.6. The van der Waals surface area contributed by atoms with Crippen LogP contribution in [0, 0.1) is 18.3 Å². The molecule has 0 atom stereocenters. The van der Waals surface area contributed by atoms with Crippen molar-refractivity contribution in [1.82, 2.24) is 19.7 Å². The first kappa shape index (κ1) is 14.3. The van der Waals surface area contributed by atoms with Crippen molar-refractivity contribution in [3.8, 4) is 6.07 Å². The standard InChI is InChI=1S/C13H11F3N6/c1-8-2-3-9(6-17)11(18-8)21-4-5-22-10(7-21)19-20-12(22)13(14,15)16/h2-3H,4-5,7H2,1H3. The predicted octanol–water partition coefficient (Wildman–Crippen LogP) is 1.89. The van der Waals surface area contributed by atoms with Crippen LogP contribution in [0.15, 0.2) is 12.1 Å². The molecule has 0 aromatic carbocycles. The fourth-order valence-electron chi connectivity index (χ4n) is 2.42. The molecule has 2 aromatic heterocycles. The largest absolute Gasteiger partial charge is 0.451 e. The lowest BCUT2D eigenvalue weighted by Crippen LogP contribution is -2.36. The third kappa shape index (κ3) is 2.36. The zero-order valence-electron chi connectivity index (χ0n) is 11.6. The predicted molar refractivity (Wildman–Crippen MR) is 69.8 cm³/mol. The summed E-state index contributed by atoms with van der Waals surface area (Å²) in [6.07, 6.45) is -4.52. The highest BCUT2D eigenvalue weighted by molar-refractivity contribution is 5.54. The summed E-state index contributed by atoms with van der Waals surface area (Å²) in [6.45, 7) is 2.32. The number of anilines is 1. The molecule has 9 heteroatoms. The van der Waals surface area contributed by atoms with Crippen LogP contribution in [0.4, 0.5) is 19.0 Å². The highest BCUT2D eigenvalue weighted by atomic mass is 19.4. The summed E-state index contributed by atoms with van der Waals surface area (Å²) >= 11 is 0. The van der Waals surface area contributed by atoms with Gasteiger partial charge in [-0.2, -0.15) is 18.4 Å². The van der Waals surface area contributed by atoms with Gasteiger partial charge in [-0.15, -0.1) is 10.2 Å². The second-order valence-corrected chi connectivity index (χ2v) is 4.95. The number of aryl methyl sites for hydroxylation is 1. The first-order valence-corrected chi connectivity index (χ1v) is 6.52. The number of hydrogen-bond donors (Lipinski definition) is 0. The number of nitrogens with zero attached hydrogens (tertiary/aromatic N) is 6. The van der Waals surface area contributed by atoms with Gasteiger partial charge in [-0.1, -0.05) is 0 Å². The van der Waals surface area contributed by atoms with Crippen LogP contribution in [0.2, 0.25) is 0 Å². The summed E-state index contributed by atoms with van der Waals surface area (Å²) in [7, 11) is 0. The summed E-state index contributed by atoms with van der Waals surface area (Å²) in [5, 5.41) is 16.0. The first-order valence-electron chi connectivity index (χ1n) is 6.52. The number of hydrogen-bond acceptors (Lipinski definition) is 5. The summed E-state index contributed by atoms with van der Waals surface area (Å²) in [5.74, 6) is -0.309. The van der Waals surface area contributed by atoms with E-state index in [0.717, 1.165) is 10.3 Å². The van der Waals surface area contributed by atoms with Gasteiger partial charge in [0.2, 0.25) is 5.82 Å². The van der Waals surface area contributed by atoms with E-state index >= 15 is 0 Å². The van der Waals surface area contributed by atoms with Gasteiger partial charge >= 0.3 is 6.18 Å². The maximum atomic E-state index is 12.8. The van der Waals surface area contributed by atoms with Crippen LogP contribution in [-0.2, 0) is 19.3 Å². The van der Waals surface area contributed by atoms with E-state index in [0.29, 0.717) is 17.9 Å². The number of fused-ring (bicyclic) bond motifs is 1. The molecule has 3 rings (SSSR count). The lowest BCUT2D eigenvalue weighted by atomic mass is 10.2. The summed E-state index contributed by atoms with van der Waals surface area (Å²) in [4.78, 5) is 6.07. The number of rotatable bonds is 1. The Labute approximate surface area is 123 Å². The van der Waals surface area contributed by atoms with E-state index in [4.69, 9.17) is 5.26 Å². The summed E-state index contributed by atoms with van der Waals surface area (Å²) < 4.78 is 39.5. The molecule has 1 aliphatic heterocycles. The van der Waals surface area contributed by atoms with Gasteiger partial charge in [0.15, 0.2) is 5.82 Å². The Morgan fingerprint density at radius 1 is 1.23 bits per heavy atom. The van der Waals surface area contributed by atoms with Gasteiger partial charge in [0, 0.05) is 18.8 Å². The normalized spacial score (nSPS) is 14.6. The average Bonchev–Trinajstić information content (AvgIpc) is 2.90. The van der Waals surface area contributed by atoms with Crippen molar-refractivity contribution >= 4 is 5.82 Å². The van der Waals surface area contributed by atoms with Gasteiger partial charge in [0.1, 0.15) is 11.9 Å². The molecule has 0 spiro atoms. The number of halogens is 3. The topological polar surface area (TPSA) is 70.6 Å². The van der Waals surface area contributed by atoms with Crippen molar-refractivity contribution in [2.24, 2.45) is 0 Å². The SMILES string of the molecule is Cc1ccc(C#N)c(N2CCn3c(nnc3C(F)(F)F)C2)n1. The van der Waals surface area contributed by atoms with Crippen LogP contribution < -0.4 is 4.90 Å². The molecule has 0 saturated carbocycles. The highest BCUT2D eigenvalue weighted by Crippen LogP contribution is 2.30. The molecule has 0 bridgehead atoms. The van der Waals surface area contributed by atoms with Gasteiger partial charge in [-0.05, 0) is 19.1 Å². The minimum atomic E-state index is -4.52. The van der Waals surface area contributed by atoms with E-state index in [1.165, 1.54) is 0 Å². The van der Waals surface area contributed by atoms with Crippen LogP contribution in [-0.4, -0.2) is 26.3 Å². The summed E-state index contributed by atoms with van der Waals surface area (Å²) in [6, 6.07) is 5.42. The van der Waals surface area contributed by atoms with Gasteiger partial charge in [-0.25, -0.2) is 4.98 Å². The molecule has 3 heterocycles. The van der Waals surface area contributed by atoms with Crippen molar-refractivity contribution in [2.75, 3.05) is 11.4 Å². The number of alkyl halides is 3. The minimum Gasteiger partial charge on any atom is -0.346 e. The van der Waals surface area contributed by atoms with Gasteiger partial charge in [0.25, 0.3) is 0 Å². The van der Waals surface area contributed by atoms with Gasteiger partial charge in [0.05, 0.1) is 12.1 Å². The summed E-state index contributed by atoms with van der Waals surface area (Å²) in [5.41, 5.74) is 1.12. The Balaban J connectivity index is 1.95. The Bertz CT molecular complexity index is 758. The van der Waals surface area contributed by atoms with Gasteiger partial charge in [-0.3, -0.25) is 0 Å². The molecule has 0 saturated heterocycles. The Kier molecular flexibility index (Phi) is 3.24. The third-order valence-electron chi connectivity index (χ3n) is 3.44. The molecule has 22 heavy (non-hydrogen) atoms. The van der Waals surface area contributed by atoms with E-state index < -0.39 is 12.0 Å². The number of nitriles is 1. The Morgan fingerprint density at radius 2 is 2.00 bits per heavy atom. The third-order valence-corrected chi connectivity index (χ3v) is 3.44. The second kappa shape index (κ2) is 4.98. The lowest BCUT2D eigenvalue weighted by molar-refractivity contribution is -0.147. The molecule has 6 nitrogen and oxygen atoms in total. The molecule has 0 aliphatic carbocycles. The van der Waals surface area contributed by atoms with Crippen LogP contribution in [0.5, 0.6) is 0 Å². The fourth-order valence-corrected chi connectivity index (χ4v) is 2.42. The van der Waals surface area contributed by atoms with Crippen LogP contribution >= 0.6 is 0 Å². The lowest BCUT2D eigenvalue weighted by Gasteiger charge is -2.29. The second-order valence-electron chi connectivity index (χ2n) is 4.95. The van der Waals surface area contributed by atoms with Crippen LogP contribution in [0.3, 0.4) is 0 Å². The Hall–Kier alpha value is -2.63. The van der Waals surface area contributed by atoms with E-state index in [9.17, 15) is 13.2 Å². The van der Waals surface area contributed by atoms with E-state index in [1.807, 2.05) is 6.07 Å². The zero-order chi connectivity index (χ0) is 15.9. The maximum Gasteiger partial charge on any atom is 0.451 e. The molecule has 0 amide bonds. The molecule has 2 aromatic rings. The average molecular weight is 308 g/mol. The van der Waals surface area contributed by atoms with Crippen molar-refractivity contribution in [3.05, 3.63) is 35.0 Å². The Morgan fingerprint density at radius 3 is 2.68 bits per heavy atom. The maximum absolute atomic E-state index is 12.8. The van der Waals surface area contributed by atoms with Crippen molar-refractivity contribution in [3.63, 3.8) is 0 Å². The quantitative estimate of drug-likeness (QED) is 0.804. The molecule has 114 valence electrons. The first-order chi connectivity index (χ1) is 10.4. The van der Waals surface area contributed by atoms with Crippen LogP contribution in [0.25, 0.3) is 0 Å². The van der Waals surface area contributed by atoms with Crippen molar-refractivity contribution in [1.29, 1.82) is 5.26 Å². The molecule has 0 unspecified atom stereocenters. The van der Waals surface area contributed by atoms with Crippen molar-refractivity contribution in [2.45, 2.75) is 26.2 Å². The molecule has 0 radical (unpaired) electrons. The molecule has 1 aliphatic rings. The van der Waals surface area contributed by atoms with Crippen LogP contribution in [0.1, 0.15) is 22.9 Å². The van der Waals surface area contributed by atoms with E-state index in [1.54, 1.807) is 24.0 Å².